The van der Waals surface area contributed by atoms with Gasteiger partial charge in [0.15, 0.2) is 5.78 Å². The lowest BCUT2D eigenvalue weighted by Gasteiger charge is -2.24. The first-order valence-electron chi connectivity index (χ1n) is 13.7. The normalized spacial score (nSPS) is 11.3. The van der Waals surface area contributed by atoms with Gasteiger partial charge in [-0.2, -0.15) is 0 Å². The summed E-state index contributed by atoms with van der Waals surface area (Å²) in [5, 5.41) is 13.0. The second kappa shape index (κ2) is 14.5. The van der Waals surface area contributed by atoms with Gasteiger partial charge in [-0.1, -0.05) is 73.7 Å². The fourth-order valence-corrected chi connectivity index (χ4v) is 4.58. The number of ketones is 1. The largest absolute Gasteiger partial charge is 0.495 e. The third kappa shape index (κ3) is 7.54. The molecule has 216 valence electrons. The molecule has 0 aliphatic carbocycles. The van der Waals surface area contributed by atoms with E-state index < -0.39 is 12.0 Å². The van der Waals surface area contributed by atoms with E-state index in [2.05, 4.69) is 5.32 Å². The summed E-state index contributed by atoms with van der Waals surface area (Å²) in [6.07, 6.45) is 0.534. The van der Waals surface area contributed by atoms with Crippen LogP contribution in [0.5, 0.6) is 11.5 Å². The molecule has 8 nitrogen and oxygen atoms in total. The molecule has 0 fully saturated rings. The van der Waals surface area contributed by atoms with Crippen molar-refractivity contribution in [1.82, 2.24) is 0 Å². The monoisotopic (exact) mass is 566 g/mol. The molecule has 0 heterocycles. The molecule has 2 N–H and O–H groups in total. The van der Waals surface area contributed by atoms with Gasteiger partial charge in [-0.3, -0.25) is 9.59 Å². The molecule has 4 aromatic rings. The number of hydrogen-bond acceptors (Lipinski definition) is 6. The van der Waals surface area contributed by atoms with Gasteiger partial charge >= 0.3 is 5.97 Å². The number of amides is 1. The van der Waals surface area contributed by atoms with Crippen LogP contribution in [0.25, 0.3) is 0 Å². The molecule has 4 rings (SSSR count). The molecule has 42 heavy (non-hydrogen) atoms. The zero-order valence-electron chi connectivity index (χ0n) is 23.7. The van der Waals surface area contributed by atoms with Crippen molar-refractivity contribution in [3.63, 3.8) is 0 Å². The Hall–Kier alpha value is -5.11. The standard InChI is InChI=1S/C34H34N2O6/c1-3-32(37)36(30-15-9-10-16-31(30)41-2)21-22-42-26-19-17-24(18-20-26)23-29(34(39)40)35-28-14-8-7-13-27(28)33(38)25-11-5-4-6-12-25/h4-20,29,35H,3,21-23H2,1-2H3,(H,39,40). The number of nitrogens with one attached hydrogen (secondary N) is 1. The van der Waals surface area contributed by atoms with Crippen LogP contribution in [-0.2, 0) is 16.0 Å². The minimum absolute atomic E-state index is 0.0438. The fourth-order valence-electron chi connectivity index (χ4n) is 4.58. The average Bonchev–Trinajstić information content (AvgIpc) is 3.03. The van der Waals surface area contributed by atoms with E-state index in [1.54, 1.807) is 72.7 Å². The molecule has 0 saturated carbocycles. The molecule has 4 aromatic carbocycles. The van der Waals surface area contributed by atoms with E-state index in [1.165, 1.54) is 0 Å². The maximum absolute atomic E-state index is 13.1. The van der Waals surface area contributed by atoms with E-state index >= 15 is 0 Å². The minimum Gasteiger partial charge on any atom is -0.495 e. The zero-order chi connectivity index (χ0) is 29.9. The third-order valence-corrected chi connectivity index (χ3v) is 6.76. The topological polar surface area (TPSA) is 105 Å². The smallest absolute Gasteiger partial charge is 0.326 e. The van der Waals surface area contributed by atoms with Crippen LogP contribution in [0.2, 0.25) is 0 Å². The molecule has 1 amide bonds. The lowest BCUT2D eigenvalue weighted by Crippen LogP contribution is -2.34. The van der Waals surface area contributed by atoms with Gasteiger partial charge in [-0.05, 0) is 42.0 Å². The fraction of sp³-hybridized carbons (Fsp3) is 0.206. The molecular weight excluding hydrogens is 532 g/mol. The maximum Gasteiger partial charge on any atom is 0.326 e. The number of rotatable bonds is 14. The van der Waals surface area contributed by atoms with E-state index in [4.69, 9.17) is 9.47 Å². The highest BCUT2D eigenvalue weighted by Crippen LogP contribution is 2.28. The quantitative estimate of drug-likeness (QED) is 0.184. The van der Waals surface area contributed by atoms with E-state index in [0.29, 0.717) is 47.0 Å². The van der Waals surface area contributed by atoms with Gasteiger partial charge in [0.05, 0.1) is 19.3 Å². The van der Waals surface area contributed by atoms with Crippen molar-refractivity contribution in [3.8, 4) is 11.5 Å². The van der Waals surface area contributed by atoms with E-state index in [0.717, 1.165) is 5.56 Å². The van der Waals surface area contributed by atoms with Crippen LogP contribution < -0.4 is 19.7 Å². The Morgan fingerprint density at radius 1 is 0.857 bits per heavy atom. The number of aliphatic carboxylic acids is 1. The molecule has 1 unspecified atom stereocenters. The number of methoxy groups -OCH3 is 1. The number of carboxylic acids is 1. The Balaban J connectivity index is 1.40. The number of nitrogens with zero attached hydrogens (tertiary/aromatic N) is 1. The molecule has 0 aliphatic heterocycles. The maximum atomic E-state index is 13.1. The van der Waals surface area contributed by atoms with Gasteiger partial charge in [0.2, 0.25) is 5.91 Å². The van der Waals surface area contributed by atoms with Gasteiger partial charge < -0.3 is 24.8 Å². The number of benzene rings is 4. The predicted molar refractivity (Wildman–Crippen MR) is 163 cm³/mol. The van der Waals surface area contributed by atoms with Crippen LogP contribution in [0.3, 0.4) is 0 Å². The minimum atomic E-state index is -1.03. The van der Waals surface area contributed by atoms with Crippen molar-refractivity contribution < 1.29 is 29.0 Å². The second-order valence-corrected chi connectivity index (χ2v) is 9.54. The highest BCUT2D eigenvalue weighted by Gasteiger charge is 2.22. The number of hydrogen-bond donors (Lipinski definition) is 2. The van der Waals surface area contributed by atoms with Crippen molar-refractivity contribution >= 4 is 29.0 Å². The Morgan fingerprint density at radius 3 is 2.21 bits per heavy atom. The molecule has 0 bridgehead atoms. The summed E-state index contributed by atoms with van der Waals surface area (Å²) in [5.74, 6) is -0.0557. The first kappa shape index (κ1) is 29.9. The SMILES string of the molecule is CCC(=O)N(CCOc1ccc(CC(Nc2ccccc2C(=O)c2ccccc2)C(=O)O)cc1)c1ccccc1OC. The Morgan fingerprint density at radius 2 is 1.52 bits per heavy atom. The lowest BCUT2D eigenvalue weighted by molar-refractivity contribution is -0.137. The van der Waals surface area contributed by atoms with E-state index in [1.807, 2.05) is 49.4 Å². The predicted octanol–water partition coefficient (Wildman–Crippen LogP) is 5.86. The number of anilines is 2. The molecular formula is C34H34N2O6. The molecule has 8 heteroatoms. The van der Waals surface area contributed by atoms with Gasteiger partial charge in [-0.15, -0.1) is 0 Å². The van der Waals surface area contributed by atoms with Crippen LogP contribution in [0.4, 0.5) is 11.4 Å². The summed E-state index contributed by atoms with van der Waals surface area (Å²) in [6.45, 7) is 2.40. The summed E-state index contributed by atoms with van der Waals surface area (Å²) in [7, 11) is 1.57. The number of carbonyl (C=O) groups is 3. The number of ether oxygens (including phenoxy) is 2. The molecule has 1 atom stereocenters. The summed E-state index contributed by atoms with van der Waals surface area (Å²) >= 11 is 0. The molecule has 0 saturated heterocycles. The Bertz CT molecular complexity index is 1500. The van der Waals surface area contributed by atoms with Gasteiger partial charge in [0.1, 0.15) is 24.1 Å². The van der Waals surface area contributed by atoms with Crippen molar-refractivity contribution in [3.05, 3.63) is 120 Å². The first-order valence-corrected chi connectivity index (χ1v) is 13.7. The molecule has 0 spiro atoms. The Labute approximate surface area is 245 Å². The molecule has 0 radical (unpaired) electrons. The van der Waals surface area contributed by atoms with Crippen LogP contribution in [-0.4, -0.2) is 49.1 Å². The molecule has 0 aromatic heterocycles. The van der Waals surface area contributed by atoms with Crippen molar-refractivity contribution in [2.24, 2.45) is 0 Å². The van der Waals surface area contributed by atoms with Crippen molar-refractivity contribution in [2.45, 2.75) is 25.8 Å². The number of carbonyl (C=O) groups excluding carboxylic acids is 2. The molecule has 0 aliphatic rings. The van der Waals surface area contributed by atoms with Gasteiger partial charge in [0.25, 0.3) is 0 Å². The van der Waals surface area contributed by atoms with Crippen LogP contribution in [0.1, 0.15) is 34.8 Å². The second-order valence-electron chi connectivity index (χ2n) is 9.54. The van der Waals surface area contributed by atoms with Gasteiger partial charge in [-0.25, -0.2) is 4.79 Å². The number of para-hydroxylation sites is 3. The van der Waals surface area contributed by atoms with E-state index in [9.17, 15) is 19.5 Å². The third-order valence-electron chi connectivity index (χ3n) is 6.76. The van der Waals surface area contributed by atoms with Crippen molar-refractivity contribution in [2.75, 3.05) is 30.5 Å². The van der Waals surface area contributed by atoms with E-state index in [-0.39, 0.29) is 24.7 Å². The van der Waals surface area contributed by atoms with Crippen molar-refractivity contribution in [1.29, 1.82) is 0 Å². The summed E-state index contributed by atoms with van der Waals surface area (Å²) in [6, 6.07) is 29.3. The average molecular weight is 567 g/mol. The first-order chi connectivity index (χ1) is 20.4. The van der Waals surface area contributed by atoms with Crippen LogP contribution in [0, 0.1) is 0 Å². The van der Waals surface area contributed by atoms with Crippen LogP contribution in [0.15, 0.2) is 103 Å². The zero-order valence-corrected chi connectivity index (χ0v) is 23.7. The highest BCUT2D eigenvalue weighted by atomic mass is 16.5. The highest BCUT2D eigenvalue weighted by molar-refractivity contribution is 6.12. The summed E-state index contributed by atoms with van der Waals surface area (Å²) in [5.41, 5.74) is 2.86. The number of carboxylic acid groups (broad SMARTS) is 1. The van der Waals surface area contributed by atoms with Crippen LogP contribution >= 0.6 is 0 Å². The summed E-state index contributed by atoms with van der Waals surface area (Å²) < 4.78 is 11.3. The summed E-state index contributed by atoms with van der Waals surface area (Å²) in [4.78, 5) is 39.5. The lowest BCUT2D eigenvalue weighted by atomic mass is 10.00. The Kier molecular flexibility index (Phi) is 10.3. The van der Waals surface area contributed by atoms with Gasteiger partial charge in [0, 0.05) is 29.7 Å².